The minimum atomic E-state index is -4.31. The fourth-order valence-corrected chi connectivity index (χ4v) is 1.23. The Hall–Kier alpha value is -1.30. The van der Waals surface area contributed by atoms with Crippen molar-refractivity contribution >= 4 is 5.69 Å². The molecule has 1 aromatic rings. The largest absolute Gasteiger partial charge is 0.411 e. The van der Waals surface area contributed by atoms with Crippen LogP contribution in [-0.4, -0.2) is 25.9 Å². The van der Waals surface area contributed by atoms with Crippen LogP contribution in [0.1, 0.15) is 5.56 Å². The van der Waals surface area contributed by atoms with Gasteiger partial charge in [-0.05, 0) is 24.6 Å². The van der Waals surface area contributed by atoms with Crippen LogP contribution in [0.4, 0.5) is 23.2 Å². The van der Waals surface area contributed by atoms with E-state index in [9.17, 15) is 17.6 Å². The third-order valence-electron chi connectivity index (χ3n) is 2.03. The minimum absolute atomic E-state index is 0.0878. The molecule has 2 nitrogen and oxygen atoms in total. The van der Waals surface area contributed by atoms with E-state index in [4.69, 9.17) is 0 Å². The van der Waals surface area contributed by atoms with E-state index in [1.165, 1.54) is 12.1 Å². The van der Waals surface area contributed by atoms with Gasteiger partial charge in [0.1, 0.15) is 12.4 Å². The summed E-state index contributed by atoms with van der Waals surface area (Å²) in [5.41, 5.74) is 1.38. The van der Waals surface area contributed by atoms with Gasteiger partial charge in [-0.15, -0.1) is 0 Å². The van der Waals surface area contributed by atoms with Crippen molar-refractivity contribution in [2.24, 2.45) is 0 Å². The van der Waals surface area contributed by atoms with E-state index in [2.05, 4.69) is 10.1 Å². The van der Waals surface area contributed by atoms with E-state index >= 15 is 0 Å². The van der Waals surface area contributed by atoms with Crippen LogP contribution in [0.3, 0.4) is 0 Å². The Morgan fingerprint density at radius 3 is 2.65 bits per heavy atom. The van der Waals surface area contributed by atoms with Crippen molar-refractivity contribution in [1.29, 1.82) is 0 Å². The molecular weight excluding hydrogens is 238 g/mol. The van der Waals surface area contributed by atoms with Gasteiger partial charge in [0.05, 0.1) is 6.61 Å². The van der Waals surface area contributed by atoms with Crippen LogP contribution in [0.5, 0.6) is 0 Å². The number of halogens is 4. The molecule has 0 spiro atoms. The number of aryl methyl sites for hydroxylation is 1. The molecule has 0 aromatic heterocycles. The highest BCUT2D eigenvalue weighted by Gasteiger charge is 2.27. The molecule has 1 aromatic carbocycles. The van der Waals surface area contributed by atoms with Crippen molar-refractivity contribution in [3.8, 4) is 0 Å². The first-order valence-electron chi connectivity index (χ1n) is 5.03. The summed E-state index contributed by atoms with van der Waals surface area (Å²) >= 11 is 0. The summed E-state index contributed by atoms with van der Waals surface area (Å²) in [6, 6.07) is 4.20. The number of hydrogen-bond acceptors (Lipinski definition) is 2. The van der Waals surface area contributed by atoms with Gasteiger partial charge in [0.2, 0.25) is 0 Å². The standard InChI is InChI=1S/C11H13F4NO/c1-8-2-3-9(12)6-10(8)16-4-5-17-7-11(13,14)15/h2-3,6,16H,4-5,7H2,1H3. The Morgan fingerprint density at radius 1 is 1.29 bits per heavy atom. The maximum atomic E-state index is 12.9. The van der Waals surface area contributed by atoms with Gasteiger partial charge in [0, 0.05) is 12.2 Å². The topological polar surface area (TPSA) is 21.3 Å². The van der Waals surface area contributed by atoms with Crippen LogP contribution in [0, 0.1) is 12.7 Å². The molecule has 1 N–H and O–H groups in total. The van der Waals surface area contributed by atoms with Gasteiger partial charge in [-0.1, -0.05) is 6.07 Å². The van der Waals surface area contributed by atoms with Crippen LogP contribution in [0.2, 0.25) is 0 Å². The lowest BCUT2D eigenvalue weighted by atomic mass is 10.2. The molecule has 17 heavy (non-hydrogen) atoms. The molecule has 0 fully saturated rings. The molecular formula is C11H13F4NO. The molecule has 0 radical (unpaired) electrons. The quantitative estimate of drug-likeness (QED) is 0.641. The van der Waals surface area contributed by atoms with Gasteiger partial charge in [-0.3, -0.25) is 0 Å². The molecule has 0 bridgehead atoms. The van der Waals surface area contributed by atoms with Crippen LogP contribution < -0.4 is 5.32 Å². The van der Waals surface area contributed by atoms with E-state index in [-0.39, 0.29) is 13.2 Å². The lowest BCUT2D eigenvalue weighted by molar-refractivity contribution is -0.172. The molecule has 1 rings (SSSR count). The molecule has 0 atom stereocenters. The van der Waals surface area contributed by atoms with Crippen molar-refractivity contribution in [3.63, 3.8) is 0 Å². The first-order chi connectivity index (χ1) is 7.88. The Kier molecular flexibility index (Phi) is 4.74. The summed E-state index contributed by atoms with van der Waals surface area (Å²) in [5.74, 6) is -0.394. The second kappa shape index (κ2) is 5.86. The summed E-state index contributed by atoms with van der Waals surface area (Å²) in [6.45, 7) is 0.616. The predicted molar refractivity (Wildman–Crippen MR) is 56.5 cm³/mol. The zero-order valence-electron chi connectivity index (χ0n) is 9.27. The maximum Gasteiger partial charge on any atom is 0.411 e. The maximum absolute atomic E-state index is 12.9. The van der Waals surface area contributed by atoms with Crippen LogP contribution in [-0.2, 0) is 4.74 Å². The monoisotopic (exact) mass is 251 g/mol. The van der Waals surface area contributed by atoms with E-state index in [0.717, 1.165) is 5.56 Å². The number of rotatable bonds is 5. The Bertz CT molecular complexity index is 365. The first kappa shape index (κ1) is 13.8. The van der Waals surface area contributed by atoms with Gasteiger partial charge in [-0.25, -0.2) is 4.39 Å². The molecule has 0 aliphatic heterocycles. The molecule has 0 saturated carbocycles. The van der Waals surface area contributed by atoms with E-state index < -0.39 is 18.6 Å². The molecule has 6 heteroatoms. The van der Waals surface area contributed by atoms with Crippen molar-refractivity contribution in [2.45, 2.75) is 13.1 Å². The zero-order chi connectivity index (χ0) is 12.9. The van der Waals surface area contributed by atoms with Crippen LogP contribution >= 0.6 is 0 Å². The Labute approximate surface area is 96.6 Å². The average Bonchev–Trinajstić information content (AvgIpc) is 2.21. The van der Waals surface area contributed by atoms with Crippen molar-refractivity contribution in [1.82, 2.24) is 0 Å². The highest BCUT2D eigenvalue weighted by molar-refractivity contribution is 5.50. The highest BCUT2D eigenvalue weighted by Crippen LogP contribution is 2.16. The summed E-state index contributed by atoms with van der Waals surface area (Å²) < 4.78 is 52.5. The molecule has 0 saturated heterocycles. The van der Waals surface area contributed by atoms with Gasteiger partial charge in [-0.2, -0.15) is 13.2 Å². The summed E-state index contributed by atoms with van der Waals surface area (Å²) in [4.78, 5) is 0. The predicted octanol–water partition coefficient (Wildman–Crippen LogP) is 3.12. The first-order valence-corrected chi connectivity index (χ1v) is 5.03. The molecule has 0 unspecified atom stereocenters. The fourth-order valence-electron chi connectivity index (χ4n) is 1.23. The average molecular weight is 251 g/mol. The number of ether oxygens (including phenoxy) is 1. The van der Waals surface area contributed by atoms with Gasteiger partial charge in [0.15, 0.2) is 0 Å². The normalized spacial score (nSPS) is 11.6. The number of nitrogens with one attached hydrogen (secondary N) is 1. The third kappa shape index (κ3) is 5.53. The fraction of sp³-hybridized carbons (Fsp3) is 0.455. The lowest BCUT2D eigenvalue weighted by Gasteiger charge is -2.11. The SMILES string of the molecule is Cc1ccc(F)cc1NCCOCC(F)(F)F. The van der Waals surface area contributed by atoms with Gasteiger partial charge in [0.25, 0.3) is 0 Å². The number of alkyl halides is 3. The summed E-state index contributed by atoms with van der Waals surface area (Å²) in [5, 5.41) is 2.81. The molecule has 0 aliphatic rings. The van der Waals surface area contributed by atoms with Gasteiger partial charge < -0.3 is 10.1 Å². The number of hydrogen-bond donors (Lipinski definition) is 1. The smallest absolute Gasteiger partial charge is 0.382 e. The minimum Gasteiger partial charge on any atom is -0.382 e. The van der Waals surface area contributed by atoms with E-state index in [0.29, 0.717) is 5.69 Å². The molecule has 0 amide bonds. The van der Waals surface area contributed by atoms with E-state index in [1.807, 2.05) is 0 Å². The summed E-state index contributed by atoms with van der Waals surface area (Å²) in [7, 11) is 0. The van der Waals surface area contributed by atoms with Gasteiger partial charge >= 0.3 is 6.18 Å². The third-order valence-corrected chi connectivity index (χ3v) is 2.03. The number of anilines is 1. The number of benzene rings is 1. The van der Waals surface area contributed by atoms with Crippen molar-refractivity contribution in [3.05, 3.63) is 29.6 Å². The van der Waals surface area contributed by atoms with Crippen molar-refractivity contribution in [2.75, 3.05) is 25.1 Å². The van der Waals surface area contributed by atoms with E-state index in [1.54, 1.807) is 13.0 Å². The second-order valence-corrected chi connectivity index (χ2v) is 3.55. The Morgan fingerprint density at radius 2 is 2.00 bits per heavy atom. The molecule has 0 aliphatic carbocycles. The zero-order valence-corrected chi connectivity index (χ0v) is 9.27. The second-order valence-electron chi connectivity index (χ2n) is 3.55. The van der Waals surface area contributed by atoms with Crippen molar-refractivity contribution < 1.29 is 22.3 Å². The summed E-state index contributed by atoms with van der Waals surface area (Å²) in [6.07, 6.45) is -4.31. The van der Waals surface area contributed by atoms with Crippen LogP contribution in [0.15, 0.2) is 18.2 Å². The molecule has 96 valence electrons. The highest BCUT2D eigenvalue weighted by atomic mass is 19.4. The Balaban J connectivity index is 2.29. The molecule has 0 heterocycles. The lowest BCUT2D eigenvalue weighted by Crippen LogP contribution is -2.20. The van der Waals surface area contributed by atoms with Crippen LogP contribution in [0.25, 0.3) is 0 Å².